The zero-order chi connectivity index (χ0) is 15.9. The Morgan fingerprint density at radius 1 is 1.41 bits per heavy atom. The van der Waals surface area contributed by atoms with Gasteiger partial charge in [-0.25, -0.2) is 0 Å². The van der Waals surface area contributed by atoms with Gasteiger partial charge in [-0.15, -0.1) is 11.3 Å². The van der Waals surface area contributed by atoms with Crippen molar-refractivity contribution in [1.29, 1.82) is 0 Å². The number of hydrogen-bond acceptors (Lipinski definition) is 3. The minimum absolute atomic E-state index is 0.0364. The van der Waals surface area contributed by atoms with Gasteiger partial charge in [0.2, 0.25) is 5.91 Å². The second-order valence-corrected chi connectivity index (χ2v) is 7.98. The van der Waals surface area contributed by atoms with Crippen molar-refractivity contribution in [2.45, 2.75) is 45.7 Å². The van der Waals surface area contributed by atoms with Crippen LogP contribution < -0.4 is 10.6 Å². The van der Waals surface area contributed by atoms with Crippen LogP contribution in [0.15, 0.2) is 18.3 Å². The van der Waals surface area contributed by atoms with Crippen LogP contribution in [0.2, 0.25) is 0 Å². The number of aromatic nitrogens is 1. The first kappa shape index (κ1) is 15.1. The normalized spacial score (nSPS) is 22.6. The average molecular weight is 319 g/mol. The van der Waals surface area contributed by atoms with Crippen LogP contribution in [-0.2, 0) is 4.79 Å². The lowest BCUT2D eigenvalue weighted by atomic mass is 9.78. The highest BCUT2D eigenvalue weighted by atomic mass is 32.1. The maximum absolute atomic E-state index is 12.5. The largest absolute Gasteiger partial charge is 0.360 e. The summed E-state index contributed by atoms with van der Waals surface area (Å²) in [5.74, 6) is -0.000129. The molecule has 0 bridgehead atoms. The lowest BCUT2D eigenvalue weighted by Crippen LogP contribution is -2.60. The van der Waals surface area contributed by atoms with E-state index in [1.165, 1.54) is 11.3 Å². The number of carbonyl (C=O) groups is 2. The number of hydrogen-bond donors (Lipinski definition) is 3. The van der Waals surface area contributed by atoms with E-state index < -0.39 is 0 Å². The molecule has 0 aromatic carbocycles. The lowest BCUT2D eigenvalue weighted by molar-refractivity contribution is -0.125. The molecule has 2 amide bonds. The number of aromatic amines is 1. The number of thiophene rings is 1. The Morgan fingerprint density at radius 2 is 2.18 bits per heavy atom. The molecular weight excluding hydrogens is 298 g/mol. The Bertz CT molecular complexity index is 682. The van der Waals surface area contributed by atoms with Gasteiger partial charge in [-0.05, 0) is 24.0 Å². The second kappa shape index (κ2) is 5.43. The van der Waals surface area contributed by atoms with Gasteiger partial charge in [-0.1, -0.05) is 20.8 Å². The average Bonchev–Trinajstić information content (AvgIpc) is 3.00. The van der Waals surface area contributed by atoms with Gasteiger partial charge in [0.1, 0.15) is 0 Å². The van der Waals surface area contributed by atoms with Crippen LogP contribution in [0.4, 0.5) is 0 Å². The van der Waals surface area contributed by atoms with Crippen LogP contribution in [0.5, 0.6) is 0 Å². The first-order valence-electron chi connectivity index (χ1n) is 7.52. The highest BCUT2D eigenvalue weighted by Crippen LogP contribution is 2.28. The smallest absolute Gasteiger partial charge is 0.261 e. The standard InChI is InChI=1S/C16H21N3O2S/c1-16(2,3)14-9(4-5-13(20)19-14)18-15(21)12-8-10-11(22-12)6-7-17-10/h6-9,14,17H,4-5H2,1-3H3,(H,18,21)(H,19,20)/t9-,14-/m1/s1. The van der Waals surface area contributed by atoms with E-state index in [9.17, 15) is 9.59 Å². The molecule has 22 heavy (non-hydrogen) atoms. The Labute approximate surface area is 133 Å². The molecule has 3 rings (SSSR count). The Balaban J connectivity index is 1.76. The molecule has 3 N–H and O–H groups in total. The molecule has 0 unspecified atom stereocenters. The summed E-state index contributed by atoms with van der Waals surface area (Å²) in [7, 11) is 0. The Morgan fingerprint density at radius 3 is 2.86 bits per heavy atom. The predicted octanol–water partition coefficient (Wildman–Crippen LogP) is 2.65. The molecule has 1 aliphatic rings. The van der Waals surface area contributed by atoms with E-state index in [4.69, 9.17) is 0 Å². The third kappa shape index (κ3) is 2.88. The fourth-order valence-corrected chi connectivity index (χ4v) is 3.90. The van der Waals surface area contributed by atoms with Crippen molar-refractivity contribution in [3.05, 3.63) is 23.2 Å². The molecule has 3 heterocycles. The third-order valence-corrected chi connectivity index (χ3v) is 5.21. The van der Waals surface area contributed by atoms with Gasteiger partial charge >= 0.3 is 0 Å². The van der Waals surface area contributed by atoms with Crippen molar-refractivity contribution >= 4 is 33.4 Å². The molecule has 2 aromatic rings. The van der Waals surface area contributed by atoms with Gasteiger partial charge in [0.05, 0.1) is 27.2 Å². The first-order chi connectivity index (χ1) is 10.3. The predicted molar refractivity (Wildman–Crippen MR) is 88.0 cm³/mol. The lowest BCUT2D eigenvalue weighted by Gasteiger charge is -2.40. The fourth-order valence-electron chi connectivity index (χ4n) is 2.98. The maximum Gasteiger partial charge on any atom is 0.261 e. The zero-order valence-electron chi connectivity index (χ0n) is 13.0. The number of nitrogens with one attached hydrogen (secondary N) is 3. The molecule has 5 nitrogen and oxygen atoms in total. The maximum atomic E-state index is 12.5. The van der Waals surface area contributed by atoms with Gasteiger partial charge in [-0.2, -0.15) is 0 Å². The van der Waals surface area contributed by atoms with Crippen LogP contribution in [0.3, 0.4) is 0 Å². The van der Waals surface area contributed by atoms with E-state index >= 15 is 0 Å². The quantitative estimate of drug-likeness (QED) is 0.796. The number of carbonyl (C=O) groups excluding carboxylic acids is 2. The van der Waals surface area contributed by atoms with Crippen LogP contribution >= 0.6 is 11.3 Å². The second-order valence-electron chi connectivity index (χ2n) is 6.90. The number of H-pyrrole nitrogens is 1. The van der Waals surface area contributed by atoms with Crippen molar-refractivity contribution in [1.82, 2.24) is 15.6 Å². The summed E-state index contributed by atoms with van der Waals surface area (Å²) in [5.41, 5.74) is 0.884. The summed E-state index contributed by atoms with van der Waals surface area (Å²) in [6, 6.07) is 3.76. The summed E-state index contributed by atoms with van der Waals surface area (Å²) >= 11 is 1.48. The van der Waals surface area contributed by atoms with Crippen molar-refractivity contribution in [3.8, 4) is 0 Å². The SMILES string of the molecule is CC(C)(C)[C@@H]1NC(=O)CC[C@H]1NC(=O)c1cc2[nH]ccc2s1. The topological polar surface area (TPSA) is 74.0 Å². The zero-order valence-corrected chi connectivity index (χ0v) is 13.8. The van der Waals surface area contributed by atoms with E-state index in [2.05, 4.69) is 36.4 Å². The van der Waals surface area contributed by atoms with Crippen molar-refractivity contribution in [2.24, 2.45) is 5.41 Å². The molecule has 118 valence electrons. The highest BCUT2D eigenvalue weighted by molar-refractivity contribution is 7.20. The van der Waals surface area contributed by atoms with Crippen molar-refractivity contribution in [3.63, 3.8) is 0 Å². The van der Waals surface area contributed by atoms with Gasteiger partial charge in [0.25, 0.3) is 5.91 Å². The summed E-state index contributed by atoms with van der Waals surface area (Å²) in [6.07, 6.45) is 3.01. The van der Waals surface area contributed by atoms with Crippen molar-refractivity contribution < 1.29 is 9.59 Å². The number of piperidine rings is 1. The minimum atomic E-state index is -0.102. The van der Waals surface area contributed by atoms with Crippen LogP contribution in [0, 0.1) is 5.41 Å². The Kier molecular flexibility index (Phi) is 3.72. The first-order valence-corrected chi connectivity index (χ1v) is 8.33. The van der Waals surface area contributed by atoms with E-state index in [0.717, 1.165) is 10.2 Å². The third-order valence-electron chi connectivity index (χ3n) is 4.11. The molecule has 1 fully saturated rings. The van der Waals surface area contributed by atoms with Crippen LogP contribution in [-0.4, -0.2) is 28.9 Å². The molecule has 1 aliphatic heterocycles. The molecule has 6 heteroatoms. The summed E-state index contributed by atoms with van der Waals surface area (Å²) in [5, 5.41) is 6.13. The van der Waals surface area contributed by atoms with Crippen LogP contribution in [0.1, 0.15) is 43.3 Å². The number of fused-ring (bicyclic) bond motifs is 1. The van der Waals surface area contributed by atoms with Gasteiger partial charge in [0.15, 0.2) is 0 Å². The molecule has 0 aliphatic carbocycles. The van der Waals surface area contributed by atoms with Gasteiger partial charge in [-0.3, -0.25) is 9.59 Å². The summed E-state index contributed by atoms with van der Waals surface area (Å²) in [6.45, 7) is 6.24. The fraction of sp³-hybridized carbons (Fsp3) is 0.500. The van der Waals surface area contributed by atoms with Crippen molar-refractivity contribution in [2.75, 3.05) is 0 Å². The molecule has 0 radical (unpaired) electrons. The summed E-state index contributed by atoms with van der Waals surface area (Å²) < 4.78 is 1.08. The monoisotopic (exact) mass is 319 g/mol. The van der Waals surface area contributed by atoms with Gasteiger partial charge in [0, 0.05) is 12.6 Å². The van der Waals surface area contributed by atoms with E-state index in [0.29, 0.717) is 17.7 Å². The molecule has 2 atom stereocenters. The van der Waals surface area contributed by atoms with E-state index in [1.54, 1.807) is 0 Å². The summed E-state index contributed by atoms with van der Waals surface area (Å²) in [4.78, 5) is 28.0. The molecule has 0 spiro atoms. The number of rotatable bonds is 2. The molecular formula is C16H21N3O2S. The van der Waals surface area contributed by atoms with E-state index in [1.807, 2.05) is 18.3 Å². The van der Waals surface area contributed by atoms with E-state index in [-0.39, 0.29) is 29.3 Å². The Hall–Kier alpha value is -1.82. The van der Waals surface area contributed by atoms with Gasteiger partial charge < -0.3 is 15.6 Å². The minimum Gasteiger partial charge on any atom is -0.360 e. The van der Waals surface area contributed by atoms with Crippen LogP contribution in [0.25, 0.3) is 10.2 Å². The number of amides is 2. The molecule has 2 aromatic heterocycles. The molecule has 0 saturated carbocycles. The molecule has 1 saturated heterocycles. The highest BCUT2D eigenvalue weighted by Gasteiger charge is 2.37.